The first-order chi connectivity index (χ1) is 5.14. The Morgan fingerprint density at radius 2 is 1.91 bits per heavy atom. The summed E-state index contributed by atoms with van der Waals surface area (Å²) in [5, 5.41) is 8.94. The van der Waals surface area contributed by atoms with Crippen LogP contribution in [0.3, 0.4) is 0 Å². The number of carbonyl (C=O) groups excluding carboxylic acids is 1. The van der Waals surface area contributed by atoms with Gasteiger partial charge in [0.05, 0.1) is 12.1 Å². The molecule has 1 atom stereocenters. The van der Waals surface area contributed by atoms with Crippen molar-refractivity contribution in [3.8, 4) is 0 Å². The molecule has 0 aromatic heterocycles. The van der Waals surface area contributed by atoms with Gasteiger partial charge >= 0.3 is 0 Å². The van der Waals surface area contributed by atoms with Crippen LogP contribution < -0.4 is 0 Å². The lowest BCUT2D eigenvalue weighted by Gasteiger charge is -2.33. The zero-order valence-corrected chi connectivity index (χ0v) is 7.50. The molecule has 0 amide bonds. The van der Waals surface area contributed by atoms with Crippen LogP contribution in [0.15, 0.2) is 0 Å². The summed E-state index contributed by atoms with van der Waals surface area (Å²) in [6.07, 6.45) is 0.806. The van der Waals surface area contributed by atoms with E-state index in [1.54, 1.807) is 6.92 Å². The second-order valence-electron chi connectivity index (χ2n) is 2.81. The topological polar surface area (TPSA) is 40.5 Å². The molecule has 0 bridgehead atoms. The maximum absolute atomic E-state index is 10.6. The molecule has 0 aliphatic rings. The van der Waals surface area contributed by atoms with E-state index in [9.17, 15) is 4.79 Å². The standard InChI is InChI=1S/C8H17NO2/c1-4-9(5-2)8(3,6-10)7-11/h6,11H,4-5,7H2,1-3H3. The average Bonchev–Trinajstić information content (AvgIpc) is 2.06. The van der Waals surface area contributed by atoms with Gasteiger partial charge in [-0.25, -0.2) is 0 Å². The second-order valence-corrected chi connectivity index (χ2v) is 2.81. The Labute approximate surface area is 68.0 Å². The minimum atomic E-state index is -0.691. The molecule has 0 spiro atoms. The number of aldehydes is 1. The lowest BCUT2D eigenvalue weighted by atomic mass is 10.0. The smallest absolute Gasteiger partial charge is 0.142 e. The molecule has 0 radical (unpaired) electrons. The number of aliphatic hydroxyl groups excluding tert-OH is 1. The molecule has 0 fully saturated rings. The lowest BCUT2D eigenvalue weighted by Crippen LogP contribution is -2.50. The van der Waals surface area contributed by atoms with Gasteiger partial charge in [0.2, 0.25) is 0 Å². The predicted octanol–water partition coefficient (Wildman–Crippen LogP) is 0.278. The fourth-order valence-corrected chi connectivity index (χ4v) is 1.16. The third-order valence-corrected chi connectivity index (χ3v) is 2.06. The fourth-order valence-electron chi connectivity index (χ4n) is 1.16. The van der Waals surface area contributed by atoms with Gasteiger partial charge < -0.3 is 9.90 Å². The molecule has 1 unspecified atom stereocenters. The van der Waals surface area contributed by atoms with E-state index in [2.05, 4.69) is 0 Å². The van der Waals surface area contributed by atoms with E-state index in [1.807, 2.05) is 18.7 Å². The van der Waals surface area contributed by atoms with Crippen molar-refractivity contribution in [3.63, 3.8) is 0 Å². The Morgan fingerprint density at radius 3 is 2.00 bits per heavy atom. The normalized spacial score (nSPS) is 16.5. The maximum Gasteiger partial charge on any atom is 0.142 e. The van der Waals surface area contributed by atoms with Gasteiger partial charge in [0.15, 0.2) is 0 Å². The van der Waals surface area contributed by atoms with Crippen LogP contribution in [-0.2, 0) is 4.79 Å². The number of hydrogen-bond acceptors (Lipinski definition) is 3. The number of nitrogens with zero attached hydrogens (tertiary/aromatic N) is 1. The molecule has 0 saturated carbocycles. The molecular weight excluding hydrogens is 142 g/mol. The molecule has 1 N–H and O–H groups in total. The largest absolute Gasteiger partial charge is 0.394 e. The van der Waals surface area contributed by atoms with Crippen molar-refractivity contribution in [2.45, 2.75) is 26.3 Å². The predicted molar refractivity (Wildman–Crippen MR) is 44.5 cm³/mol. The minimum Gasteiger partial charge on any atom is -0.394 e. The van der Waals surface area contributed by atoms with Crippen molar-refractivity contribution in [2.24, 2.45) is 0 Å². The molecule has 0 aromatic rings. The van der Waals surface area contributed by atoms with Gasteiger partial charge in [-0.2, -0.15) is 0 Å². The van der Waals surface area contributed by atoms with Crippen molar-refractivity contribution in [3.05, 3.63) is 0 Å². The van der Waals surface area contributed by atoms with Gasteiger partial charge in [0.25, 0.3) is 0 Å². The molecule has 0 rings (SSSR count). The summed E-state index contributed by atoms with van der Waals surface area (Å²) < 4.78 is 0. The molecule has 0 saturated heterocycles. The summed E-state index contributed by atoms with van der Waals surface area (Å²) in [4.78, 5) is 12.5. The van der Waals surface area contributed by atoms with Crippen LogP contribution in [0.5, 0.6) is 0 Å². The molecule has 11 heavy (non-hydrogen) atoms. The summed E-state index contributed by atoms with van der Waals surface area (Å²) in [7, 11) is 0. The van der Waals surface area contributed by atoms with E-state index in [0.717, 1.165) is 19.4 Å². The Bertz CT molecular complexity index is 123. The molecule has 3 heteroatoms. The number of rotatable bonds is 5. The van der Waals surface area contributed by atoms with Crippen LogP contribution in [0.1, 0.15) is 20.8 Å². The van der Waals surface area contributed by atoms with Crippen LogP contribution in [0, 0.1) is 0 Å². The van der Waals surface area contributed by atoms with E-state index >= 15 is 0 Å². The van der Waals surface area contributed by atoms with Crippen molar-refractivity contribution in [2.75, 3.05) is 19.7 Å². The highest BCUT2D eigenvalue weighted by Gasteiger charge is 2.28. The zero-order valence-electron chi connectivity index (χ0n) is 7.50. The monoisotopic (exact) mass is 159 g/mol. The summed E-state index contributed by atoms with van der Waals surface area (Å²) in [6, 6.07) is 0. The van der Waals surface area contributed by atoms with Gasteiger partial charge in [0.1, 0.15) is 6.29 Å². The Morgan fingerprint density at radius 1 is 1.45 bits per heavy atom. The summed E-state index contributed by atoms with van der Waals surface area (Å²) in [6.45, 7) is 7.14. The van der Waals surface area contributed by atoms with Gasteiger partial charge in [-0.05, 0) is 20.0 Å². The summed E-state index contributed by atoms with van der Waals surface area (Å²) >= 11 is 0. The van der Waals surface area contributed by atoms with E-state index in [0.29, 0.717) is 0 Å². The SMILES string of the molecule is CCN(CC)C(C)(C=O)CO. The number of likely N-dealkylation sites (N-methyl/N-ethyl adjacent to an activating group) is 1. The van der Waals surface area contributed by atoms with E-state index in [4.69, 9.17) is 5.11 Å². The second kappa shape index (κ2) is 4.46. The van der Waals surface area contributed by atoms with Gasteiger partial charge in [-0.3, -0.25) is 4.90 Å². The van der Waals surface area contributed by atoms with E-state index in [1.165, 1.54) is 0 Å². The van der Waals surface area contributed by atoms with Gasteiger partial charge in [-0.1, -0.05) is 13.8 Å². The van der Waals surface area contributed by atoms with Crippen LogP contribution in [0.25, 0.3) is 0 Å². The number of carbonyl (C=O) groups is 1. The summed E-state index contributed by atoms with van der Waals surface area (Å²) in [5.41, 5.74) is -0.691. The fraction of sp³-hybridized carbons (Fsp3) is 0.875. The lowest BCUT2D eigenvalue weighted by molar-refractivity contribution is -0.120. The van der Waals surface area contributed by atoms with Crippen molar-refractivity contribution in [1.82, 2.24) is 4.90 Å². The third kappa shape index (κ3) is 2.27. The average molecular weight is 159 g/mol. The van der Waals surface area contributed by atoms with Gasteiger partial charge in [-0.15, -0.1) is 0 Å². The van der Waals surface area contributed by atoms with Crippen molar-refractivity contribution < 1.29 is 9.90 Å². The Balaban J connectivity index is 4.31. The van der Waals surface area contributed by atoms with Crippen LogP contribution in [-0.4, -0.2) is 41.5 Å². The number of hydrogen-bond donors (Lipinski definition) is 1. The molecule has 0 aromatic carbocycles. The molecule has 0 heterocycles. The highest BCUT2D eigenvalue weighted by molar-refractivity contribution is 5.63. The molecule has 3 nitrogen and oxygen atoms in total. The molecule has 0 aliphatic heterocycles. The number of aliphatic hydroxyl groups is 1. The van der Waals surface area contributed by atoms with Crippen LogP contribution in [0.2, 0.25) is 0 Å². The first-order valence-corrected chi connectivity index (χ1v) is 3.96. The summed E-state index contributed by atoms with van der Waals surface area (Å²) in [5.74, 6) is 0. The van der Waals surface area contributed by atoms with Crippen LogP contribution >= 0.6 is 0 Å². The Hall–Kier alpha value is -0.410. The maximum atomic E-state index is 10.6. The minimum absolute atomic E-state index is 0.113. The van der Waals surface area contributed by atoms with Crippen LogP contribution in [0.4, 0.5) is 0 Å². The first-order valence-electron chi connectivity index (χ1n) is 3.96. The highest BCUT2D eigenvalue weighted by atomic mass is 16.3. The van der Waals surface area contributed by atoms with Crippen molar-refractivity contribution in [1.29, 1.82) is 0 Å². The highest BCUT2D eigenvalue weighted by Crippen LogP contribution is 2.09. The van der Waals surface area contributed by atoms with Crippen molar-refractivity contribution >= 4 is 6.29 Å². The molecular formula is C8H17NO2. The molecule has 0 aliphatic carbocycles. The van der Waals surface area contributed by atoms with Gasteiger partial charge in [0, 0.05) is 0 Å². The third-order valence-electron chi connectivity index (χ3n) is 2.06. The zero-order chi connectivity index (χ0) is 8.91. The van der Waals surface area contributed by atoms with E-state index in [-0.39, 0.29) is 6.61 Å². The molecule has 66 valence electrons. The first kappa shape index (κ1) is 10.6. The Kier molecular flexibility index (Phi) is 4.30. The van der Waals surface area contributed by atoms with E-state index < -0.39 is 5.54 Å². The quantitative estimate of drug-likeness (QED) is 0.586.